The third-order valence-electron chi connectivity index (χ3n) is 2.97. The van der Waals surface area contributed by atoms with Crippen molar-refractivity contribution in [1.29, 1.82) is 0 Å². The van der Waals surface area contributed by atoms with Gasteiger partial charge >= 0.3 is 5.97 Å². The number of rotatable bonds is 9. The number of carbonyl (C=O) groups excluding carboxylic acids is 2. The zero-order valence-electron chi connectivity index (χ0n) is 13.1. The van der Waals surface area contributed by atoms with Crippen molar-refractivity contribution in [3.8, 4) is 0 Å². The second-order valence-corrected chi connectivity index (χ2v) is 4.80. The van der Waals surface area contributed by atoms with Crippen LogP contribution in [0.1, 0.15) is 50.0 Å². The van der Waals surface area contributed by atoms with Crippen LogP contribution in [0.3, 0.4) is 0 Å². The first-order valence-corrected chi connectivity index (χ1v) is 7.60. The number of hydrogen-bond acceptors (Lipinski definition) is 5. The number of nitrogens with zero attached hydrogens (tertiary/aromatic N) is 2. The minimum atomic E-state index is -0.353. The quantitative estimate of drug-likeness (QED) is 0.545. The first kappa shape index (κ1) is 17.9. The highest BCUT2D eigenvalue weighted by Crippen LogP contribution is 1.96. The summed E-state index contributed by atoms with van der Waals surface area (Å²) in [5.74, 6) is -0.628. The van der Waals surface area contributed by atoms with Gasteiger partial charge in [-0.2, -0.15) is 5.10 Å². The summed E-state index contributed by atoms with van der Waals surface area (Å²) in [5, 5.41) is 6.73. The van der Waals surface area contributed by atoms with Gasteiger partial charge in [-0.3, -0.25) is 14.4 Å². The van der Waals surface area contributed by atoms with Crippen LogP contribution in [-0.4, -0.2) is 34.8 Å². The van der Waals surface area contributed by atoms with Gasteiger partial charge in [0.05, 0.1) is 6.61 Å². The second-order valence-electron chi connectivity index (χ2n) is 4.80. The molecule has 1 amide bonds. The number of ether oxygens (including phenoxy) is 1. The first-order chi connectivity index (χ1) is 10.6. The molecule has 0 radical (unpaired) electrons. The maximum Gasteiger partial charge on any atom is 0.305 e. The Morgan fingerprint density at radius 1 is 1.27 bits per heavy atom. The lowest BCUT2D eigenvalue weighted by Gasteiger charge is -2.07. The Labute approximate surface area is 129 Å². The highest BCUT2D eigenvalue weighted by atomic mass is 16.5. The van der Waals surface area contributed by atoms with E-state index >= 15 is 0 Å². The molecular formula is C15H23N3O4. The molecule has 7 heteroatoms. The molecule has 0 unspecified atom stereocenters. The predicted molar refractivity (Wildman–Crippen MR) is 81.6 cm³/mol. The van der Waals surface area contributed by atoms with E-state index in [0.29, 0.717) is 26.1 Å². The van der Waals surface area contributed by atoms with Gasteiger partial charge in [0.25, 0.3) is 11.5 Å². The molecule has 0 aromatic carbocycles. The van der Waals surface area contributed by atoms with Crippen molar-refractivity contribution < 1.29 is 14.3 Å². The van der Waals surface area contributed by atoms with E-state index in [-0.39, 0.29) is 29.6 Å². The van der Waals surface area contributed by atoms with E-state index in [9.17, 15) is 14.4 Å². The van der Waals surface area contributed by atoms with Crippen molar-refractivity contribution in [2.24, 2.45) is 0 Å². The molecule has 0 atom stereocenters. The predicted octanol–water partition coefficient (Wildman–Crippen LogP) is 1.12. The summed E-state index contributed by atoms with van der Waals surface area (Å²) in [4.78, 5) is 34.7. The summed E-state index contributed by atoms with van der Waals surface area (Å²) in [6, 6.07) is 2.75. The van der Waals surface area contributed by atoms with Crippen molar-refractivity contribution in [1.82, 2.24) is 15.1 Å². The van der Waals surface area contributed by atoms with Crippen LogP contribution in [0, 0.1) is 0 Å². The third kappa shape index (κ3) is 6.07. The van der Waals surface area contributed by atoms with Crippen LogP contribution >= 0.6 is 0 Å². The molecule has 22 heavy (non-hydrogen) atoms. The van der Waals surface area contributed by atoms with Crippen molar-refractivity contribution in [2.75, 3.05) is 13.2 Å². The SMILES string of the molecule is CCCCn1nc(C(=O)NCCCC(=O)OCC)ccc1=O. The van der Waals surface area contributed by atoms with Gasteiger partial charge in [-0.15, -0.1) is 0 Å². The summed E-state index contributed by atoms with van der Waals surface area (Å²) in [6.07, 6.45) is 2.54. The van der Waals surface area contributed by atoms with Crippen molar-refractivity contribution >= 4 is 11.9 Å². The Hall–Kier alpha value is -2.18. The topological polar surface area (TPSA) is 90.3 Å². The second kappa shape index (κ2) is 9.70. The van der Waals surface area contributed by atoms with Crippen molar-refractivity contribution in [3.05, 3.63) is 28.2 Å². The van der Waals surface area contributed by atoms with Gasteiger partial charge < -0.3 is 10.1 Å². The molecular weight excluding hydrogens is 286 g/mol. The molecule has 0 aliphatic rings. The summed E-state index contributed by atoms with van der Waals surface area (Å²) < 4.78 is 6.10. The number of aromatic nitrogens is 2. The third-order valence-corrected chi connectivity index (χ3v) is 2.97. The molecule has 1 aromatic rings. The highest BCUT2D eigenvalue weighted by molar-refractivity contribution is 5.91. The molecule has 1 heterocycles. The van der Waals surface area contributed by atoms with Crippen LogP contribution in [0.4, 0.5) is 0 Å². The molecule has 0 aliphatic carbocycles. The Morgan fingerprint density at radius 3 is 2.73 bits per heavy atom. The van der Waals surface area contributed by atoms with E-state index < -0.39 is 0 Å². The highest BCUT2D eigenvalue weighted by Gasteiger charge is 2.09. The number of nitrogens with one attached hydrogen (secondary N) is 1. The minimum Gasteiger partial charge on any atom is -0.466 e. The largest absolute Gasteiger partial charge is 0.466 e. The van der Waals surface area contributed by atoms with E-state index in [1.165, 1.54) is 16.8 Å². The van der Waals surface area contributed by atoms with Gasteiger partial charge in [0.15, 0.2) is 0 Å². The van der Waals surface area contributed by atoms with Gasteiger partial charge in [-0.25, -0.2) is 4.68 Å². The number of esters is 1. The summed E-state index contributed by atoms with van der Waals surface area (Å²) in [7, 11) is 0. The van der Waals surface area contributed by atoms with E-state index in [4.69, 9.17) is 4.74 Å². The lowest BCUT2D eigenvalue weighted by molar-refractivity contribution is -0.143. The van der Waals surface area contributed by atoms with E-state index in [1.807, 2.05) is 6.92 Å². The molecule has 1 rings (SSSR count). The average Bonchev–Trinajstić information content (AvgIpc) is 2.51. The van der Waals surface area contributed by atoms with Crippen LogP contribution in [-0.2, 0) is 16.1 Å². The number of aryl methyl sites for hydroxylation is 1. The van der Waals surface area contributed by atoms with Crippen LogP contribution in [0.15, 0.2) is 16.9 Å². The Balaban J connectivity index is 2.48. The van der Waals surface area contributed by atoms with Crippen LogP contribution in [0.5, 0.6) is 0 Å². The van der Waals surface area contributed by atoms with Crippen LogP contribution < -0.4 is 10.9 Å². The molecule has 0 saturated heterocycles. The zero-order valence-corrected chi connectivity index (χ0v) is 13.1. The lowest BCUT2D eigenvalue weighted by Crippen LogP contribution is -2.30. The van der Waals surface area contributed by atoms with E-state index in [1.54, 1.807) is 6.92 Å². The molecule has 0 spiro atoms. The van der Waals surface area contributed by atoms with Gasteiger partial charge in [0.2, 0.25) is 0 Å². The fourth-order valence-corrected chi connectivity index (χ4v) is 1.80. The maximum atomic E-state index is 11.9. The van der Waals surface area contributed by atoms with Gasteiger partial charge in [-0.1, -0.05) is 13.3 Å². The lowest BCUT2D eigenvalue weighted by atomic mass is 10.3. The smallest absolute Gasteiger partial charge is 0.305 e. The Kier molecular flexibility index (Phi) is 7.88. The normalized spacial score (nSPS) is 10.3. The molecule has 1 aromatic heterocycles. The Morgan fingerprint density at radius 2 is 2.05 bits per heavy atom. The molecule has 7 nitrogen and oxygen atoms in total. The van der Waals surface area contributed by atoms with Crippen molar-refractivity contribution in [2.45, 2.75) is 46.1 Å². The van der Waals surface area contributed by atoms with Crippen molar-refractivity contribution in [3.63, 3.8) is 0 Å². The summed E-state index contributed by atoms with van der Waals surface area (Å²) in [6.45, 7) is 4.98. The average molecular weight is 309 g/mol. The van der Waals surface area contributed by atoms with Crippen LogP contribution in [0.25, 0.3) is 0 Å². The summed E-state index contributed by atoms with van der Waals surface area (Å²) in [5.41, 5.74) is -0.0147. The van der Waals surface area contributed by atoms with Gasteiger partial charge in [-0.05, 0) is 25.8 Å². The maximum absolute atomic E-state index is 11.9. The fourth-order valence-electron chi connectivity index (χ4n) is 1.80. The minimum absolute atomic E-state index is 0.201. The molecule has 0 bridgehead atoms. The number of amides is 1. The van der Waals surface area contributed by atoms with Gasteiger partial charge in [0.1, 0.15) is 5.69 Å². The standard InChI is InChI=1S/C15H23N3O4/c1-3-5-11-18-13(19)9-8-12(17-18)15(21)16-10-6-7-14(20)22-4-2/h8-9H,3-7,10-11H2,1-2H3,(H,16,21). The zero-order chi connectivity index (χ0) is 16.4. The first-order valence-electron chi connectivity index (χ1n) is 7.60. The summed E-state index contributed by atoms with van der Waals surface area (Å²) >= 11 is 0. The molecule has 0 fully saturated rings. The molecule has 0 saturated carbocycles. The van der Waals surface area contributed by atoms with E-state index in [2.05, 4.69) is 10.4 Å². The number of carbonyl (C=O) groups is 2. The fraction of sp³-hybridized carbons (Fsp3) is 0.600. The molecule has 1 N–H and O–H groups in total. The number of unbranched alkanes of at least 4 members (excludes halogenated alkanes) is 1. The van der Waals surface area contributed by atoms with Gasteiger partial charge in [0, 0.05) is 25.6 Å². The Bertz CT molecular complexity index is 554. The monoisotopic (exact) mass is 309 g/mol. The van der Waals surface area contributed by atoms with Crippen LogP contribution in [0.2, 0.25) is 0 Å². The molecule has 122 valence electrons. The molecule has 0 aliphatic heterocycles. The van der Waals surface area contributed by atoms with E-state index in [0.717, 1.165) is 12.8 Å². The number of hydrogen-bond donors (Lipinski definition) is 1.